The minimum Gasteiger partial charge on any atom is -0.309 e. The molecule has 0 aromatic carbocycles. The van der Waals surface area contributed by atoms with E-state index in [-0.39, 0.29) is 11.5 Å². The molecule has 0 amide bonds. The van der Waals surface area contributed by atoms with Crippen molar-refractivity contribution in [3.05, 3.63) is 35.5 Å². The zero-order valence-corrected chi connectivity index (χ0v) is 26.5. The Labute approximate surface area is 233 Å². The SMILES string of the molecule is CCOP(=S)(OCC)OC1CCC2(C)C(=CC=C3C2CCC2(C)C3CCC2C(C)/C=C/C(C)C(C)C)C1. The molecule has 0 bridgehead atoms. The van der Waals surface area contributed by atoms with Crippen LogP contribution in [0.4, 0.5) is 0 Å². The summed E-state index contributed by atoms with van der Waals surface area (Å²) in [5.74, 6) is 4.23. The van der Waals surface area contributed by atoms with Crippen LogP contribution in [-0.2, 0) is 25.4 Å². The molecule has 37 heavy (non-hydrogen) atoms. The van der Waals surface area contributed by atoms with Crippen LogP contribution in [0.3, 0.4) is 0 Å². The molecule has 0 aromatic rings. The first-order chi connectivity index (χ1) is 17.5. The van der Waals surface area contributed by atoms with Crippen LogP contribution in [0.25, 0.3) is 0 Å². The number of allylic oxidation sites excluding steroid dienone is 5. The predicted molar refractivity (Wildman–Crippen MR) is 160 cm³/mol. The second-order valence-electron chi connectivity index (χ2n) is 13.2. The Morgan fingerprint density at radius 2 is 1.65 bits per heavy atom. The first kappa shape index (κ1) is 29.7. The van der Waals surface area contributed by atoms with Gasteiger partial charge in [0.05, 0.1) is 19.3 Å². The third-order valence-electron chi connectivity index (χ3n) is 10.9. The monoisotopic (exact) mass is 548 g/mol. The van der Waals surface area contributed by atoms with Gasteiger partial charge in [-0.15, -0.1) is 0 Å². The molecule has 0 radical (unpaired) electrons. The summed E-state index contributed by atoms with van der Waals surface area (Å²) < 4.78 is 18.0. The highest BCUT2D eigenvalue weighted by Crippen LogP contribution is 2.66. The minimum atomic E-state index is -2.66. The van der Waals surface area contributed by atoms with Gasteiger partial charge in [0, 0.05) is 0 Å². The van der Waals surface area contributed by atoms with Crippen molar-refractivity contribution in [3.63, 3.8) is 0 Å². The molecule has 3 saturated carbocycles. The van der Waals surface area contributed by atoms with Gasteiger partial charge in [-0.05, 0) is 117 Å². The van der Waals surface area contributed by atoms with Crippen LogP contribution in [0.2, 0.25) is 0 Å². The highest BCUT2D eigenvalue weighted by molar-refractivity contribution is 8.07. The van der Waals surface area contributed by atoms with Crippen molar-refractivity contribution >= 4 is 18.5 Å². The van der Waals surface area contributed by atoms with Crippen molar-refractivity contribution < 1.29 is 13.6 Å². The van der Waals surface area contributed by atoms with Crippen LogP contribution in [0.15, 0.2) is 35.5 Å². The number of hydrogen-bond acceptors (Lipinski definition) is 4. The predicted octanol–water partition coefficient (Wildman–Crippen LogP) is 9.65. The first-order valence-electron chi connectivity index (χ1n) is 15.1. The zero-order valence-electron chi connectivity index (χ0n) is 24.8. The third kappa shape index (κ3) is 5.81. The molecule has 3 nitrogen and oxygen atoms in total. The lowest BCUT2D eigenvalue weighted by Gasteiger charge is -2.55. The lowest BCUT2D eigenvalue weighted by molar-refractivity contribution is 0.0364. The fourth-order valence-electron chi connectivity index (χ4n) is 8.27. The molecule has 210 valence electrons. The van der Waals surface area contributed by atoms with Crippen molar-refractivity contribution in [2.75, 3.05) is 13.2 Å². The molecule has 0 aliphatic heterocycles. The Bertz CT molecular complexity index is 944. The molecule has 4 aliphatic carbocycles. The van der Waals surface area contributed by atoms with E-state index in [1.54, 1.807) is 11.1 Å². The lowest BCUT2D eigenvalue weighted by Crippen LogP contribution is -2.46. The molecular formula is C32H53O3PS. The van der Waals surface area contributed by atoms with E-state index in [9.17, 15) is 0 Å². The molecule has 0 aromatic heterocycles. The molecule has 8 unspecified atom stereocenters. The fraction of sp³-hybridized carbons (Fsp3) is 0.812. The average molecular weight is 549 g/mol. The topological polar surface area (TPSA) is 27.7 Å². The van der Waals surface area contributed by atoms with Crippen LogP contribution in [0.5, 0.6) is 0 Å². The molecule has 0 N–H and O–H groups in total. The summed E-state index contributed by atoms with van der Waals surface area (Å²) in [6.45, 7) is 17.0. The largest absolute Gasteiger partial charge is 0.327 e. The summed E-state index contributed by atoms with van der Waals surface area (Å²) in [5.41, 5.74) is 4.00. The molecule has 5 heteroatoms. The summed E-state index contributed by atoms with van der Waals surface area (Å²) in [4.78, 5) is 0. The van der Waals surface area contributed by atoms with Crippen LogP contribution in [0.1, 0.15) is 100 Å². The van der Waals surface area contributed by atoms with Crippen LogP contribution >= 0.6 is 6.72 Å². The summed E-state index contributed by atoms with van der Waals surface area (Å²) in [6.07, 6.45) is 18.7. The Hall–Kier alpha value is -0.250. The van der Waals surface area contributed by atoms with E-state index in [4.69, 9.17) is 25.4 Å². The Morgan fingerprint density at radius 3 is 2.30 bits per heavy atom. The van der Waals surface area contributed by atoms with Gasteiger partial charge in [0.2, 0.25) is 0 Å². The van der Waals surface area contributed by atoms with Gasteiger partial charge in [0.1, 0.15) is 0 Å². The van der Waals surface area contributed by atoms with Gasteiger partial charge in [-0.25, -0.2) is 0 Å². The van der Waals surface area contributed by atoms with Crippen molar-refractivity contribution in [2.24, 2.45) is 46.3 Å². The highest BCUT2D eigenvalue weighted by atomic mass is 32.5. The van der Waals surface area contributed by atoms with E-state index in [0.717, 1.165) is 31.1 Å². The van der Waals surface area contributed by atoms with Gasteiger partial charge in [-0.1, -0.05) is 77.0 Å². The first-order valence-corrected chi connectivity index (χ1v) is 17.7. The van der Waals surface area contributed by atoms with Gasteiger partial charge in [-0.2, -0.15) is 0 Å². The van der Waals surface area contributed by atoms with Crippen LogP contribution in [0, 0.1) is 46.3 Å². The Morgan fingerprint density at radius 1 is 0.946 bits per heavy atom. The molecule has 3 fully saturated rings. The van der Waals surface area contributed by atoms with E-state index >= 15 is 0 Å². The third-order valence-corrected chi connectivity index (χ3v) is 13.5. The van der Waals surface area contributed by atoms with Crippen molar-refractivity contribution in [1.29, 1.82) is 0 Å². The fourth-order valence-corrected chi connectivity index (χ4v) is 10.6. The number of fused-ring (bicyclic) bond motifs is 5. The minimum absolute atomic E-state index is 0.101. The summed E-state index contributed by atoms with van der Waals surface area (Å²) in [5, 5.41) is 0. The molecule has 8 atom stereocenters. The quantitative estimate of drug-likeness (QED) is 0.201. The smallest absolute Gasteiger partial charge is 0.309 e. The van der Waals surface area contributed by atoms with E-state index in [1.165, 1.54) is 25.7 Å². The van der Waals surface area contributed by atoms with Gasteiger partial charge < -0.3 is 13.6 Å². The summed E-state index contributed by atoms with van der Waals surface area (Å²) >= 11 is 5.70. The average Bonchev–Trinajstić information content (AvgIpc) is 3.20. The van der Waals surface area contributed by atoms with Crippen molar-refractivity contribution in [2.45, 2.75) is 106 Å². The Balaban J connectivity index is 1.51. The molecule has 0 heterocycles. The second kappa shape index (κ2) is 11.7. The van der Waals surface area contributed by atoms with Gasteiger partial charge in [-0.3, -0.25) is 0 Å². The maximum absolute atomic E-state index is 6.38. The van der Waals surface area contributed by atoms with E-state index in [0.29, 0.717) is 42.3 Å². The second-order valence-corrected chi connectivity index (χ2v) is 16.2. The standard InChI is InChI=1S/C32H53O3PS/c1-9-33-36(37,34-10-2)35-26-17-19-31(7)25(21-26)13-14-27-29-16-15-28(32(29,8)20-18-30(27)31)24(6)12-11-23(5)22(3)4/h11-14,22-24,26,28-30H,9-10,15-21H2,1-8H3/b12-11+. The van der Waals surface area contributed by atoms with E-state index in [1.807, 2.05) is 13.8 Å². The maximum atomic E-state index is 6.38. The number of rotatable bonds is 10. The maximum Gasteiger partial charge on any atom is 0.327 e. The van der Waals surface area contributed by atoms with Gasteiger partial charge >= 0.3 is 6.72 Å². The highest BCUT2D eigenvalue weighted by Gasteiger charge is 2.57. The van der Waals surface area contributed by atoms with Crippen LogP contribution in [-0.4, -0.2) is 19.3 Å². The van der Waals surface area contributed by atoms with E-state index in [2.05, 4.69) is 65.8 Å². The zero-order chi connectivity index (χ0) is 27.0. The van der Waals surface area contributed by atoms with Crippen LogP contribution < -0.4 is 0 Å². The summed E-state index contributed by atoms with van der Waals surface area (Å²) in [6, 6.07) is 0. The molecular weight excluding hydrogens is 495 g/mol. The molecule has 0 spiro atoms. The van der Waals surface area contributed by atoms with Gasteiger partial charge in [0.15, 0.2) is 0 Å². The molecule has 4 aliphatic rings. The molecule has 4 rings (SSSR count). The van der Waals surface area contributed by atoms with Crippen molar-refractivity contribution in [1.82, 2.24) is 0 Å². The molecule has 0 saturated heterocycles. The van der Waals surface area contributed by atoms with E-state index < -0.39 is 6.72 Å². The lowest BCUT2D eigenvalue weighted by atomic mass is 9.50. The number of hydrogen-bond donors (Lipinski definition) is 0. The summed E-state index contributed by atoms with van der Waals surface area (Å²) in [7, 11) is 0. The van der Waals surface area contributed by atoms with Crippen molar-refractivity contribution in [3.8, 4) is 0 Å². The normalized spacial score (nSPS) is 37.5. The van der Waals surface area contributed by atoms with Gasteiger partial charge in [0.25, 0.3) is 0 Å². The Kier molecular flexibility index (Phi) is 9.40.